The summed E-state index contributed by atoms with van der Waals surface area (Å²) in [5.41, 5.74) is 8.37. The van der Waals surface area contributed by atoms with E-state index in [1.165, 1.54) is 19.3 Å². The molecule has 0 N–H and O–H groups in total. The zero-order valence-corrected chi connectivity index (χ0v) is 19.5. The third-order valence-electron chi connectivity index (χ3n) is 6.69. The first-order chi connectivity index (χ1) is 15.8. The van der Waals surface area contributed by atoms with Gasteiger partial charge in [0.1, 0.15) is 11.7 Å². The van der Waals surface area contributed by atoms with Gasteiger partial charge in [-0.3, -0.25) is 0 Å². The molecular formula is C27H29LiN4O. The number of aromatic nitrogens is 3. The first-order valence-corrected chi connectivity index (χ1v) is 11.5. The molecule has 1 unspecified atom stereocenters. The summed E-state index contributed by atoms with van der Waals surface area (Å²) < 4.78 is 1.94. The van der Waals surface area contributed by atoms with Crippen LogP contribution >= 0.6 is 0 Å². The largest absolute Gasteiger partial charge is 1.00 e. The summed E-state index contributed by atoms with van der Waals surface area (Å²) in [5.74, 6) is 0.355. The summed E-state index contributed by atoms with van der Waals surface area (Å²) >= 11 is 0. The van der Waals surface area contributed by atoms with Crippen LogP contribution in [-0.4, -0.2) is 15.0 Å². The van der Waals surface area contributed by atoms with E-state index in [-0.39, 0.29) is 25.1 Å². The second-order valence-corrected chi connectivity index (χ2v) is 8.81. The van der Waals surface area contributed by atoms with Gasteiger partial charge in [-0.15, -0.1) is 5.10 Å². The molecule has 1 atom stereocenters. The summed E-state index contributed by atoms with van der Waals surface area (Å²) in [6.45, 7) is 2.12. The predicted molar refractivity (Wildman–Crippen MR) is 127 cm³/mol. The maximum Gasteiger partial charge on any atom is 1.00 e. The minimum absolute atomic E-state index is 0. The molecule has 1 aromatic heterocycles. The molecule has 1 aliphatic carbocycles. The van der Waals surface area contributed by atoms with Crippen LogP contribution in [0, 0.1) is 5.92 Å². The Morgan fingerprint density at radius 1 is 0.848 bits per heavy atom. The average Bonchev–Trinajstić information content (AvgIpc) is 3.30. The van der Waals surface area contributed by atoms with Crippen molar-refractivity contribution >= 4 is 11.0 Å². The van der Waals surface area contributed by atoms with Crippen LogP contribution in [0.25, 0.3) is 16.5 Å². The van der Waals surface area contributed by atoms with E-state index in [1.54, 1.807) is 0 Å². The number of para-hydroxylation sites is 1. The van der Waals surface area contributed by atoms with Crippen molar-refractivity contribution in [3.63, 3.8) is 0 Å². The van der Waals surface area contributed by atoms with Crippen molar-refractivity contribution in [3.8, 4) is 0 Å². The normalized spacial score (nSPS) is 15.8. The van der Waals surface area contributed by atoms with E-state index in [1.807, 2.05) is 35.0 Å². The third kappa shape index (κ3) is 4.93. The first-order valence-electron chi connectivity index (χ1n) is 11.5. The molecule has 1 aliphatic rings. The first kappa shape index (κ1) is 23.7. The maximum absolute atomic E-state index is 6.49. The molecule has 0 bridgehead atoms. The molecule has 0 aliphatic heterocycles. The Hall–Kier alpha value is -2.42. The molecule has 4 aromatic rings. The maximum atomic E-state index is 6.49. The van der Waals surface area contributed by atoms with Crippen molar-refractivity contribution in [2.24, 2.45) is 5.92 Å². The summed E-state index contributed by atoms with van der Waals surface area (Å²) in [5, 5.41) is 8.89. The molecule has 1 saturated carbocycles. The van der Waals surface area contributed by atoms with Gasteiger partial charge in [0.2, 0.25) is 0 Å². The van der Waals surface area contributed by atoms with Crippen molar-refractivity contribution in [1.29, 1.82) is 0 Å². The van der Waals surface area contributed by atoms with Crippen LogP contribution in [0.4, 0.5) is 0 Å². The number of hydrogen-bond acceptors (Lipinski definition) is 3. The second-order valence-electron chi connectivity index (χ2n) is 8.81. The van der Waals surface area contributed by atoms with Crippen LogP contribution in [0.2, 0.25) is 0 Å². The van der Waals surface area contributed by atoms with Crippen molar-refractivity contribution in [1.82, 2.24) is 15.0 Å². The van der Waals surface area contributed by atoms with Gasteiger partial charge in [-0.2, -0.15) is 0 Å². The van der Waals surface area contributed by atoms with Crippen LogP contribution in [0.15, 0.2) is 84.9 Å². The van der Waals surface area contributed by atoms with E-state index in [0.717, 1.165) is 35.0 Å². The van der Waals surface area contributed by atoms with E-state index in [0.29, 0.717) is 5.92 Å². The molecule has 164 valence electrons. The van der Waals surface area contributed by atoms with Gasteiger partial charge in [0, 0.05) is 5.92 Å². The molecule has 1 fully saturated rings. The Balaban J connectivity index is 0.00000259. The van der Waals surface area contributed by atoms with Gasteiger partial charge in [-0.1, -0.05) is 121 Å². The van der Waals surface area contributed by atoms with Crippen LogP contribution < -0.4 is 18.9 Å². The fourth-order valence-corrected chi connectivity index (χ4v) is 4.78. The summed E-state index contributed by atoms with van der Waals surface area (Å²) in [6, 6.07) is 28.8. The Kier molecular flexibility index (Phi) is 7.67. The van der Waals surface area contributed by atoms with Crippen LogP contribution in [0.3, 0.4) is 0 Å². The predicted octanol–water partition coefficient (Wildman–Crippen LogP) is 3.78. The summed E-state index contributed by atoms with van der Waals surface area (Å²) in [7, 11) is 0. The number of benzene rings is 3. The standard InChI is InChI=1S/C27H29N4O.Li/c1-27(22-15-7-3-8-16-22,23-17-9-4-10-18-23)29-32-26(21-13-5-2-6-14-21)31-25-20-12-11-19-24(25)28-30-31;/h3-4,7-12,15-21,26H,2,5-6,13-14H2,1H3;/q-1;+1. The number of nitrogens with zero attached hydrogens (tertiary/aromatic N) is 4. The molecule has 0 spiro atoms. The fraction of sp³-hybridized carbons (Fsp3) is 0.333. The van der Waals surface area contributed by atoms with Gasteiger partial charge in [-0.05, 0) is 25.0 Å². The van der Waals surface area contributed by atoms with E-state index < -0.39 is 5.54 Å². The zero-order chi connectivity index (χ0) is 21.8. The van der Waals surface area contributed by atoms with Gasteiger partial charge in [0.15, 0.2) is 0 Å². The Labute approximate surface area is 207 Å². The van der Waals surface area contributed by atoms with Crippen LogP contribution in [0.1, 0.15) is 56.4 Å². The van der Waals surface area contributed by atoms with E-state index >= 15 is 0 Å². The molecule has 33 heavy (non-hydrogen) atoms. The molecule has 3 aromatic carbocycles. The molecule has 6 heteroatoms. The minimum Gasteiger partial charge on any atom is -0.520 e. The van der Waals surface area contributed by atoms with Gasteiger partial charge in [-0.25, -0.2) is 4.68 Å². The average molecular weight is 432 g/mol. The Morgan fingerprint density at radius 2 is 1.42 bits per heavy atom. The number of rotatable bonds is 7. The van der Waals surface area contributed by atoms with Gasteiger partial charge in [0.25, 0.3) is 0 Å². The van der Waals surface area contributed by atoms with Gasteiger partial charge in [0.05, 0.1) is 5.52 Å². The SMILES string of the molecule is CC([N-]OC(C1CCCCC1)n1nnc2ccccc21)(c1ccccc1)c1ccccc1.[Li+]. The van der Waals surface area contributed by atoms with Gasteiger partial charge < -0.3 is 10.3 Å². The monoisotopic (exact) mass is 432 g/mol. The van der Waals surface area contributed by atoms with Crippen molar-refractivity contribution in [2.75, 3.05) is 0 Å². The number of hydroxylamine groups is 1. The minimum atomic E-state index is -0.633. The summed E-state index contributed by atoms with van der Waals surface area (Å²) in [4.78, 5) is 6.49. The number of hydrogen-bond donors (Lipinski definition) is 0. The molecular weight excluding hydrogens is 403 g/mol. The fourth-order valence-electron chi connectivity index (χ4n) is 4.78. The van der Waals surface area contributed by atoms with Crippen LogP contribution in [-0.2, 0) is 10.4 Å². The molecule has 5 nitrogen and oxygen atoms in total. The van der Waals surface area contributed by atoms with Crippen molar-refractivity contribution in [2.45, 2.75) is 50.8 Å². The zero-order valence-electron chi connectivity index (χ0n) is 19.5. The van der Waals surface area contributed by atoms with Crippen molar-refractivity contribution < 1.29 is 23.7 Å². The Bertz CT molecular complexity index is 1100. The molecule has 0 amide bonds. The van der Waals surface area contributed by atoms with E-state index in [4.69, 9.17) is 10.3 Å². The summed E-state index contributed by atoms with van der Waals surface area (Å²) in [6.07, 6.45) is 5.65. The molecule has 0 radical (unpaired) electrons. The third-order valence-corrected chi connectivity index (χ3v) is 6.69. The smallest absolute Gasteiger partial charge is 0.520 e. The molecule has 5 rings (SSSR count). The topological polar surface area (TPSA) is 54.0 Å². The second kappa shape index (κ2) is 10.7. The van der Waals surface area contributed by atoms with E-state index in [2.05, 4.69) is 71.8 Å². The van der Waals surface area contributed by atoms with E-state index in [9.17, 15) is 0 Å². The van der Waals surface area contributed by atoms with Gasteiger partial charge >= 0.3 is 18.9 Å². The van der Waals surface area contributed by atoms with Crippen molar-refractivity contribution in [3.05, 3.63) is 102 Å². The Morgan fingerprint density at radius 3 is 2.06 bits per heavy atom. The number of fused-ring (bicyclic) bond motifs is 1. The molecule has 1 heterocycles. The quantitative estimate of drug-likeness (QED) is 0.330. The van der Waals surface area contributed by atoms with Crippen LogP contribution in [0.5, 0.6) is 0 Å². The molecule has 0 saturated heterocycles.